The van der Waals surface area contributed by atoms with Gasteiger partial charge in [0.1, 0.15) is 0 Å². The predicted molar refractivity (Wildman–Crippen MR) is 97.5 cm³/mol. The van der Waals surface area contributed by atoms with Gasteiger partial charge in [0.25, 0.3) is 0 Å². The number of halogens is 4. The van der Waals surface area contributed by atoms with Gasteiger partial charge in [0.05, 0.1) is 12.0 Å². The molecule has 0 aromatic heterocycles. The molecule has 0 bridgehead atoms. The Morgan fingerprint density at radius 3 is 2.54 bits per heavy atom. The molecule has 1 aromatic carbocycles. The highest BCUT2D eigenvalue weighted by atomic mass is 35.5. The first-order valence-electron chi connectivity index (χ1n) is 8.65. The van der Waals surface area contributed by atoms with Crippen LogP contribution in [0.2, 0.25) is 5.02 Å². The molecule has 0 amide bonds. The number of hydrogen-bond donors (Lipinski definition) is 2. The maximum Gasteiger partial charge on any atom is 0.391 e. The molecule has 8 heteroatoms. The molecule has 0 spiro atoms. The lowest BCUT2D eigenvalue weighted by Gasteiger charge is -2.31. The minimum atomic E-state index is -4.09. The largest absolute Gasteiger partial charge is 0.391 e. The molecule has 0 heterocycles. The molecule has 0 saturated heterocycles. The smallest absolute Gasteiger partial charge is 0.375 e. The van der Waals surface area contributed by atoms with Crippen LogP contribution in [0.1, 0.15) is 37.4 Å². The molecule has 1 aliphatic carbocycles. The van der Waals surface area contributed by atoms with Crippen LogP contribution >= 0.6 is 11.6 Å². The molecule has 1 fully saturated rings. The number of rotatable bonds is 5. The van der Waals surface area contributed by atoms with Crippen molar-refractivity contribution in [2.24, 2.45) is 10.9 Å². The summed E-state index contributed by atoms with van der Waals surface area (Å²) in [6, 6.07) is 7.41. The van der Waals surface area contributed by atoms with Crippen molar-refractivity contribution in [2.75, 3.05) is 20.7 Å². The van der Waals surface area contributed by atoms with Gasteiger partial charge in [-0.05, 0) is 43.4 Å². The standard InChI is InChI=1S/C18H25ClF3N3O/c1-23-17(25-15-8-6-13(7-9-15)18(20,21)22)24-11-16(26-2)12-4-3-5-14(19)10-12/h3-5,10,13,15-16H,6-9,11H2,1-2H3,(H2,23,24,25). The molecule has 1 aliphatic rings. The Kier molecular flexibility index (Phi) is 7.58. The molecule has 2 N–H and O–H groups in total. The fraction of sp³-hybridized carbons (Fsp3) is 0.611. The number of nitrogens with zero attached hydrogens (tertiary/aromatic N) is 1. The summed E-state index contributed by atoms with van der Waals surface area (Å²) in [6.45, 7) is 0.467. The summed E-state index contributed by atoms with van der Waals surface area (Å²) in [5.74, 6) is -0.624. The highest BCUT2D eigenvalue weighted by molar-refractivity contribution is 6.30. The molecule has 1 saturated carbocycles. The number of hydrogen-bond acceptors (Lipinski definition) is 2. The van der Waals surface area contributed by atoms with Gasteiger partial charge >= 0.3 is 6.18 Å². The highest BCUT2D eigenvalue weighted by Crippen LogP contribution is 2.37. The van der Waals surface area contributed by atoms with Gasteiger partial charge in [-0.1, -0.05) is 23.7 Å². The van der Waals surface area contributed by atoms with E-state index in [-0.39, 0.29) is 25.0 Å². The van der Waals surface area contributed by atoms with Crippen molar-refractivity contribution < 1.29 is 17.9 Å². The van der Waals surface area contributed by atoms with Crippen molar-refractivity contribution in [1.82, 2.24) is 10.6 Å². The van der Waals surface area contributed by atoms with Crippen molar-refractivity contribution in [1.29, 1.82) is 0 Å². The van der Waals surface area contributed by atoms with E-state index in [9.17, 15) is 13.2 Å². The van der Waals surface area contributed by atoms with Crippen molar-refractivity contribution in [3.63, 3.8) is 0 Å². The van der Waals surface area contributed by atoms with Gasteiger partial charge in [0.2, 0.25) is 0 Å². The minimum Gasteiger partial charge on any atom is -0.375 e. The zero-order valence-electron chi connectivity index (χ0n) is 14.9. The van der Waals surface area contributed by atoms with E-state index in [1.807, 2.05) is 18.2 Å². The summed E-state index contributed by atoms with van der Waals surface area (Å²) in [5, 5.41) is 7.02. The molecular formula is C18H25ClF3N3O. The van der Waals surface area contributed by atoms with E-state index in [0.717, 1.165) is 5.56 Å². The van der Waals surface area contributed by atoms with E-state index in [1.54, 1.807) is 20.2 Å². The van der Waals surface area contributed by atoms with Gasteiger partial charge in [0, 0.05) is 31.8 Å². The zero-order valence-corrected chi connectivity index (χ0v) is 15.7. The molecule has 146 valence electrons. The molecule has 1 unspecified atom stereocenters. The summed E-state index contributed by atoms with van der Waals surface area (Å²) in [5.41, 5.74) is 0.939. The fourth-order valence-electron chi connectivity index (χ4n) is 3.19. The third kappa shape index (κ3) is 6.06. The zero-order chi connectivity index (χ0) is 19.2. The van der Waals surface area contributed by atoms with E-state index >= 15 is 0 Å². The Balaban J connectivity index is 1.84. The van der Waals surface area contributed by atoms with Gasteiger partial charge < -0.3 is 15.4 Å². The van der Waals surface area contributed by atoms with E-state index < -0.39 is 12.1 Å². The predicted octanol–water partition coefficient (Wildman–Crippen LogP) is 4.31. The summed E-state index contributed by atoms with van der Waals surface area (Å²) in [4.78, 5) is 4.16. The van der Waals surface area contributed by atoms with Gasteiger partial charge in [0.15, 0.2) is 5.96 Å². The van der Waals surface area contributed by atoms with E-state index in [4.69, 9.17) is 16.3 Å². The number of ether oxygens (including phenoxy) is 1. The molecule has 26 heavy (non-hydrogen) atoms. The fourth-order valence-corrected chi connectivity index (χ4v) is 3.39. The van der Waals surface area contributed by atoms with Gasteiger partial charge in [-0.25, -0.2) is 0 Å². The Morgan fingerprint density at radius 2 is 2.00 bits per heavy atom. The van der Waals surface area contributed by atoms with Crippen LogP contribution in [-0.4, -0.2) is 38.9 Å². The third-order valence-electron chi connectivity index (χ3n) is 4.71. The van der Waals surface area contributed by atoms with Crippen LogP contribution in [0.5, 0.6) is 0 Å². The van der Waals surface area contributed by atoms with Crippen molar-refractivity contribution in [3.05, 3.63) is 34.9 Å². The Morgan fingerprint density at radius 1 is 1.31 bits per heavy atom. The van der Waals surface area contributed by atoms with Crippen molar-refractivity contribution in [2.45, 2.75) is 44.0 Å². The average molecular weight is 392 g/mol. The second kappa shape index (κ2) is 9.46. The Labute approximate surface area is 157 Å². The number of alkyl halides is 3. The number of nitrogens with one attached hydrogen (secondary N) is 2. The van der Waals surface area contributed by atoms with Crippen molar-refractivity contribution >= 4 is 17.6 Å². The van der Waals surface area contributed by atoms with Crippen LogP contribution in [0.25, 0.3) is 0 Å². The maximum atomic E-state index is 12.8. The number of guanidine groups is 1. The second-order valence-corrected chi connectivity index (χ2v) is 6.90. The summed E-state index contributed by atoms with van der Waals surface area (Å²) in [7, 11) is 3.25. The lowest BCUT2D eigenvalue weighted by Crippen LogP contribution is -2.46. The minimum absolute atomic E-state index is 0.00744. The van der Waals surface area contributed by atoms with E-state index in [1.165, 1.54) is 0 Å². The Hall–Kier alpha value is -1.47. The van der Waals surface area contributed by atoms with Gasteiger partial charge in [-0.2, -0.15) is 13.2 Å². The lowest BCUT2D eigenvalue weighted by molar-refractivity contribution is -0.182. The number of methoxy groups -OCH3 is 1. The van der Waals surface area contributed by atoms with Crippen LogP contribution < -0.4 is 10.6 Å². The average Bonchev–Trinajstić information content (AvgIpc) is 2.61. The summed E-state index contributed by atoms with van der Waals surface area (Å²) in [6.07, 6.45) is -3.04. The van der Waals surface area contributed by atoms with Gasteiger partial charge in [-0.3, -0.25) is 4.99 Å². The number of aliphatic imine (C=N–C) groups is 1. The highest BCUT2D eigenvalue weighted by Gasteiger charge is 2.41. The SMILES string of the molecule is CN=C(NCC(OC)c1cccc(Cl)c1)NC1CCC(C(F)(F)F)CC1. The molecule has 1 atom stereocenters. The summed E-state index contributed by atoms with van der Waals surface area (Å²) >= 11 is 6.02. The van der Waals surface area contributed by atoms with Crippen LogP contribution in [0.3, 0.4) is 0 Å². The van der Waals surface area contributed by atoms with E-state index in [2.05, 4.69) is 15.6 Å². The first kappa shape index (κ1) is 20.8. The summed E-state index contributed by atoms with van der Waals surface area (Å²) < 4.78 is 43.8. The first-order valence-corrected chi connectivity index (χ1v) is 9.03. The molecule has 4 nitrogen and oxygen atoms in total. The Bertz CT molecular complexity index is 602. The second-order valence-electron chi connectivity index (χ2n) is 6.47. The van der Waals surface area contributed by atoms with Crippen LogP contribution in [-0.2, 0) is 4.74 Å². The molecule has 0 aliphatic heterocycles. The van der Waals surface area contributed by atoms with E-state index in [0.29, 0.717) is 30.4 Å². The monoisotopic (exact) mass is 391 g/mol. The maximum absolute atomic E-state index is 12.8. The first-order chi connectivity index (χ1) is 12.3. The van der Waals surface area contributed by atoms with Crippen molar-refractivity contribution in [3.8, 4) is 0 Å². The lowest BCUT2D eigenvalue weighted by atomic mass is 9.85. The normalized spacial score (nSPS) is 22.8. The van der Waals surface area contributed by atoms with Crippen LogP contribution in [0.15, 0.2) is 29.3 Å². The van der Waals surface area contributed by atoms with Crippen LogP contribution in [0, 0.1) is 5.92 Å². The van der Waals surface area contributed by atoms with Gasteiger partial charge in [-0.15, -0.1) is 0 Å². The quantitative estimate of drug-likeness (QED) is 0.580. The molecule has 2 rings (SSSR count). The molecular weight excluding hydrogens is 367 g/mol. The molecule has 1 aromatic rings. The number of benzene rings is 1. The molecule has 0 radical (unpaired) electrons. The van der Waals surface area contributed by atoms with Crippen LogP contribution in [0.4, 0.5) is 13.2 Å². The topological polar surface area (TPSA) is 45.7 Å². The third-order valence-corrected chi connectivity index (χ3v) is 4.95.